The van der Waals surface area contributed by atoms with Crippen molar-refractivity contribution in [3.05, 3.63) is 29.8 Å². The van der Waals surface area contributed by atoms with Gasteiger partial charge in [0.25, 0.3) is 0 Å². The molecule has 5 heteroatoms. The van der Waals surface area contributed by atoms with E-state index >= 15 is 0 Å². The Hall–Kier alpha value is -2.04. The number of aromatic hydroxyl groups is 1. The first-order valence-electron chi connectivity index (χ1n) is 9.41. The lowest BCUT2D eigenvalue weighted by atomic mass is 10.1. The van der Waals surface area contributed by atoms with Gasteiger partial charge in [-0.15, -0.1) is 0 Å². The summed E-state index contributed by atoms with van der Waals surface area (Å²) in [6, 6.07) is 6.39. The number of carbonyl (C=O) groups excluding carboxylic acids is 2. The Morgan fingerprint density at radius 1 is 1.00 bits per heavy atom. The molecule has 0 saturated carbocycles. The Bertz CT molecular complexity index is 523. The molecule has 0 unspecified atom stereocenters. The molecule has 0 saturated heterocycles. The highest BCUT2D eigenvalue weighted by atomic mass is 16.5. The second-order valence-electron chi connectivity index (χ2n) is 6.86. The summed E-state index contributed by atoms with van der Waals surface area (Å²) < 4.78 is 9.99. The van der Waals surface area contributed by atoms with Gasteiger partial charge in [-0.3, -0.25) is 4.79 Å². The predicted octanol–water partition coefficient (Wildman–Crippen LogP) is 4.97. The van der Waals surface area contributed by atoms with Crippen molar-refractivity contribution in [3.63, 3.8) is 0 Å². The highest BCUT2D eigenvalue weighted by Gasteiger charge is 2.10. The number of carbonyl (C=O) groups is 2. The van der Waals surface area contributed by atoms with E-state index in [2.05, 4.69) is 20.8 Å². The van der Waals surface area contributed by atoms with Crippen molar-refractivity contribution in [2.75, 3.05) is 13.2 Å². The van der Waals surface area contributed by atoms with Gasteiger partial charge in [0.05, 0.1) is 19.1 Å². The lowest BCUT2D eigenvalue weighted by Crippen LogP contribution is -2.13. The summed E-state index contributed by atoms with van der Waals surface area (Å²) in [5.41, 5.74) is 0.231. The van der Waals surface area contributed by atoms with Gasteiger partial charge in [-0.25, -0.2) is 4.79 Å². The molecule has 0 heterocycles. The van der Waals surface area contributed by atoms with Crippen LogP contribution in [-0.2, 0) is 14.3 Å². The summed E-state index contributed by atoms with van der Waals surface area (Å²) >= 11 is 0. The third kappa shape index (κ3) is 11.5. The van der Waals surface area contributed by atoms with Crippen molar-refractivity contribution in [1.29, 1.82) is 0 Å². The fourth-order valence-corrected chi connectivity index (χ4v) is 1.80. The van der Waals surface area contributed by atoms with Gasteiger partial charge < -0.3 is 14.6 Å². The minimum atomic E-state index is -0.454. The van der Waals surface area contributed by atoms with E-state index in [1.165, 1.54) is 6.07 Å². The number of unbranched alkanes of at least 4 members (excludes halogenated alkanes) is 2. The third-order valence-electron chi connectivity index (χ3n) is 3.52. The molecule has 1 aromatic rings. The average molecular weight is 366 g/mol. The highest BCUT2D eigenvalue weighted by molar-refractivity contribution is 5.92. The van der Waals surface area contributed by atoms with E-state index in [0.717, 1.165) is 25.7 Å². The fraction of sp³-hybridized carbons (Fsp3) is 0.619. The molecule has 0 fully saturated rings. The molecule has 1 rings (SSSR count). The largest absolute Gasteiger partial charge is 0.507 e. The van der Waals surface area contributed by atoms with Crippen molar-refractivity contribution >= 4 is 11.9 Å². The second kappa shape index (κ2) is 14.2. The van der Waals surface area contributed by atoms with Crippen LogP contribution in [0.1, 0.15) is 70.7 Å². The molecule has 0 atom stereocenters. The Labute approximate surface area is 157 Å². The summed E-state index contributed by atoms with van der Waals surface area (Å²) in [6.07, 6.45) is 3.97. The van der Waals surface area contributed by atoms with Crippen LogP contribution in [0.2, 0.25) is 0 Å². The molecule has 1 aromatic carbocycles. The number of phenolic OH excluding ortho intramolecular Hbond substituents is 1. The van der Waals surface area contributed by atoms with Gasteiger partial charge in [-0.2, -0.15) is 0 Å². The van der Waals surface area contributed by atoms with Gasteiger partial charge in [-0.05, 0) is 30.9 Å². The predicted molar refractivity (Wildman–Crippen MR) is 103 cm³/mol. The number of para-hydroxylation sites is 1. The molecule has 0 spiro atoms. The summed E-state index contributed by atoms with van der Waals surface area (Å²) in [4.78, 5) is 22.3. The molecule has 26 heavy (non-hydrogen) atoms. The van der Waals surface area contributed by atoms with Crippen molar-refractivity contribution in [1.82, 2.24) is 0 Å². The van der Waals surface area contributed by atoms with Crippen molar-refractivity contribution in [2.24, 2.45) is 11.8 Å². The Morgan fingerprint density at radius 3 is 2.19 bits per heavy atom. The zero-order chi connectivity index (χ0) is 19.9. The van der Waals surface area contributed by atoms with Crippen LogP contribution in [0, 0.1) is 11.8 Å². The number of rotatable bonds is 9. The molecule has 0 amide bonds. The molecule has 5 nitrogen and oxygen atoms in total. The number of ether oxygens (including phenoxy) is 2. The van der Waals surface area contributed by atoms with Crippen LogP contribution in [0.4, 0.5) is 0 Å². The van der Waals surface area contributed by atoms with Gasteiger partial charge in [0, 0.05) is 0 Å². The van der Waals surface area contributed by atoms with Crippen LogP contribution in [0.5, 0.6) is 5.75 Å². The van der Waals surface area contributed by atoms with Crippen molar-refractivity contribution in [3.8, 4) is 5.75 Å². The number of hydrogen-bond donors (Lipinski definition) is 1. The Kier molecular flexibility index (Phi) is 13.1. The summed E-state index contributed by atoms with van der Waals surface area (Å²) in [7, 11) is 0. The first-order valence-corrected chi connectivity index (χ1v) is 9.41. The van der Waals surface area contributed by atoms with Crippen LogP contribution >= 0.6 is 0 Å². The normalized spacial score (nSPS) is 10.3. The molecular formula is C21H34O5. The maximum Gasteiger partial charge on any atom is 0.341 e. The average Bonchev–Trinajstić information content (AvgIpc) is 2.59. The molecule has 0 aliphatic heterocycles. The van der Waals surface area contributed by atoms with Gasteiger partial charge in [0.1, 0.15) is 11.3 Å². The van der Waals surface area contributed by atoms with E-state index in [9.17, 15) is 14.7 Å². The van der Waals surface area contributed by atoms with E-state index in [-0.39, 0.29) is 23.2 Å². The minimum absolute atomic E-state index is 0.00200. The maximum absolute atomic E-state index is 11.4. The van der Waals surface area contributed by atoms with Gasteiger partial charge in [0.2, 0.25) is 0 Å². The van der Waals surface area contributed by atoms with Crippen LogP contribution in [0.15, 0.2) is 24.3 Å². The monoisotopic (exact) mass is 366 g/mol. The third-order valence-corrected chi connectivity index (χ3v) is 3.52. The van der Waals surface area contributed by atoms with Gasteiger partial charge >= 0.3 is 11.9 Å². The molecule has 0 radical (unpaired) electrons. The topological polar surface area (TPSA) is 72.8 Å². The summed E-state index contributed by atoms with van der Waals surface area (Å²) in [5, 5.41) is 9.38. The van der Waals surface area contributed by atoms with Crippen LogP contribution in [0.25, 0.3) is 0 Å². The number of benzene rings is 1. The number of hydrogen-bond acceptors (Lipinski definition) is 5. The van der Waals surface area contributed by atoms with E-state index in [4.69, 9.17) is 9.47 Å². The molecule has 0 aliphatic rings. The summed E-state index contributed by atoms with van der Waals surface area (Å²) in [6.45, 7) is 11.0. The zero-order valence-corrected chi connectivity index (χ0v) is 16.8. The smallest absolute Gasteiger partial charge is 0.341 e. The lowest BCUT2D eigenvalue weighted by Gasteiger charge is -2.07. The van der Waals surface area contributed by atoms with E-state index in [1.54, 1.807) is 18.2 Å². The standard InChI is InChI=1S/C12H16O3.C9H18O2/c1-2-3-6-9-15-12(14)10-7-4-5-8-11(10)13;1-7(2)5-6-11-9(10)8(3)4/h4-5,7-8,13H,2-3,6,9H2,1H3;7-8H,5-6H2,1-4H3. The Morgan fingerprint density at radius 2 is 1.65 bits per heavy atom. The van der Waals surface area contributed by atoms with Gasteiger partial charge in [0.15, 0.2) is 0 Å². The molecule has 0 bridgehead atoms. The van der Waals surface area contributed by atoms with Crippen LogP contribution < -0.4 is 0 Å². The quantitative estimate of drug-likeness (QED) is 0.493. The van der Waals surface area contributed by atoms with E-state index in [1.807, 2.05) is 13.8 Å². The SMILES string of the molecule is CC(C)CCOC(=O)C(C)C.CCCCCOC(=O)c1ccccc1O. The number of esters is 2. The zero-order valence-electron chi connectivity index (χ0n) is 16.8. The molecule has 1 N–H and O–H groups in total. The van der Waals surface area contributed by atoms with Crippen molar-refractivity contribution in [2.45, 2.75) is 60.3 Å². The van der Waals surface area contributed by atoms with Crippen LogP contribution in [0.3, 0.4) is 0 Å². The lowest BCUT2D eigenvalue weighted by molar-refractivity contribution is -0.147. The number of phenols is 1. The highest BCUT2D eigenvalue weighted by Crippen LogP contribution is 2.16. The molecule has 0 aliphatic carbocycles. The molecule has 0 aromatic heterocycles. The van der Waals surface area contributed by atoms with E-state index in [0.29, 0.717) is 19.1 Å². The fourth-order valence-electron chi connectivity index (χ4n) is 1.80. The van der Waals surface area contributed by atoms with Gasteiger partial charge in [-0.1, -0.05) is 59.6 Å². The maximum atomic E-state index is 11.4. The Balaban J connectivity index is 0.000000508. The van der Waals surface area contributed by atoms with E-state index < -0.39 is 5.97 Å². The van der Waals surface area contributed by atoms with Crippen molar-refractivity contribution < 1.29 is 24.2 Å². The van der Waals surface area contributed by atoms with Crippen LogP contribution in [-0.4, -0.2) is 30.3 Å². The molecule has 148 valence electrons. The first kappa shape index (κ1) is 24.0. The first-order chi connectivity index (χ1) is 12.3. The molecular weight excluding hydrogens is 332 g/mol. The second-order valence-corrected chi connectivity index (χ2v) is 6.86. The minimum Gasteiger partial charge on any atom is -0.507 e. The summed E-state index contributed by atoms with van der Waals surface area (Å²) in [5.74, 6) is 0.0324.